The summed E-state index contributed by atoms with van der Waals surface area (Å²) in [5.41, 5.74) is 1.93. The zero-order valence-corrected chi connectivity index (χ0v) is 20.3. The molecule has 4 rings (SSSR count). The molecule has 0 aliphatic rings. The number of ether oxygens (including phenoxy) is 2. The van der Waals surface area contributed by atoms with Crippen LogP contribution in [0.3, 0.4) is 0 Å². The van der Waals surface area contributed by atoms with Crippen LogP contribution in [0, 0.1) is 0 Å². The highest BCUT2D eigenvalue weighted by molar-refractivity contribution is 7.22. The van der Waals surface area contributed by atoms with Crippen molar-refractivity contribution in [1.82, 2.24) is 9.47 Å². The number of benzene rings is 2. The van der Waals surface area contributed by atoms with Crippen LogP contribution in [0.4, 0.5) is 0 Å². The van der Waals surface area contributed by atoms with E-state index in [0.717, 1.165) is 32.1 Å². The van der Waals surface area contributed by atoms with Crippen molar-refractivity contribution in [2.75, 3.05) is 28.3 Å². The van der Waals surface area contributed by atoms with Crippen molar-refractivity contribution >= 4 is 27.5 Å². The van der Waals surface area contributed by atoms with Gasteiger partial charge in [-0.2, -0.15) is 0 Å². The van der Waals surface area contributed by atoms with Gasteiger partial charge in [-0.3, -0.25) is 4.79 Å². The van der Waals surface area contributed by atoms with Crippen molar-refractivity contribution in [3.8, 4) is 21.9 Å². The Bertz CT molecular complexity index is 1400. The molecule has 2 aromatic carbocycles. The fraction of sp³-hybridized carbons (Fsp3) is 0.231. The molecule has 0 fully saturated rings. The number of methoxy groups -OCH3 is 2. The van der Waals surface area contributed by atoms with Crippen molar-refractivity contribution in [2.24, 2.45) is 0 Å². The molecule has 34 heavy (non-hydrogen) atoms. The number of rotatable bonds is 8. The average Bonchev–Trinajstić information content (AvgIpc) is 3.20. The van der Waals surface area contributed by atoms with Crippen LogP contribution in [-0.4, -0.2) is 48.9 Å². The summed E-state index contributed by atoms with van der Waals surface area (Å²) in [5.74, 6) is 0.197. The first-order valence-corrected chi connectivity index (χ1v) is 11.5. The molecule has 0 radical (unpaired) electrons. The van der Waals surface area contributed by atoms with Crippen molar-refractivity contribution in [2.45, 2.75) is 13.1 Å². The van der Waals surface area contributed by atoms with Crippen LogP contribution < -0.4 is 14.9 Å². The van der Waals surface area contributed by atoms with Crippen LogP contribution in [0.25, 0.3) is 20.7 Å². The van der Waals surface area contributed by atoms with Crippen molar-refractivity contribution < 1.29 is 19.4 Å². The van der Waals surface area contributed by atoms with E-state index in [1.54, 1.807) is 14.2 Å². The highest BCUT2D eigenvalue weighted by atomic mass is 32.1. The zero-order chi connectivity index (χ0) is 24.4. The van der Waals surface area contributed by atoms with Gasteiger partial charge in [0.05, 0.1) is 26.2 Å². The minimum atomic E-state index is -1.24. The van der Waals surface area contributed by atoms with E-state index in [9.17, 15) is 14.7 Å². The molecule has 2 heterocycles. The molecule has 0 unspecified atom stereocenters. The maximum absolute atomic E-state index is 13.4. The topological polar surface area (TPSA) is 81.0 Å². The van der Waals surface area contributed by atoms with Gasteiger partial charge in [-0.05, 0) is 55.6 Å². The fourth-order valence-electron chi connectivity index (χ4n) is 4.03. The number of pyridine rings is 1. The lowest BCUT2D eigenvalue weighted by Gasteiger charge is -2.14. The molecule has 2 aromatic heterocycles. The van der Waals surface area contributed by atoms with E-state index in [1.807, 2.05) is 72.1 Å². The maximum atomic E-state index is 13.4. The molecular formula is C26H26N2O5S. The number of carboxylic acids is 1. The Morgan fingerprint density at radius 1 is 1.06 bits per heavy atom. The number of nitrogens with zero attached hydrogens (tertiary/aromatic N) is 2. The fourth-order valence-corrected chi connectivity index (χ4v) is 5.32. The summed E-state index contributed by atoms with van der Waals surface area (Å²) in [6.07, 6.45) is 1.44. The van der Waals surface area contributed by atoms with Crippen LogP contribution >= 0.6 is 11.3 Å². The molecule has 0 aliphatic heterocycles. The van der Waals surface area contributed by atoms with Gasteiger partial charge in [-0.25, -0.2) is 4.79 Å². The normalized spacial score (nSPS) is 11.2. The van der Waals surface area contributed by atoms with Crippen LogP contribution in [0.1, 0.15) is 21.5 Å². The Hall–Kier alpha value is -3.62. The molecule has 1 N–H and O–H groups in total. The first kappa shape index (κ1) is 23.5. The summed E-state index contributed by atoms with van der Waals surface area (Å²) < 4.78 is 12.6. The predicted octanol–water partition coefficient (Wildman–Crippen LogP) is 4.56. The summed E-state index contributed by atoms with van der Waals surface area (Å²) >= 11 is 1.49. The monoisotopic (exact) mass is 478 g/mol. The molecule has 176 valence electrons. The largest absolute Gasteiger partial charge is 0.497 e. The SMILES string of the molecule is COc1ccc(-c2sc3c(c2CN(C)C)c(=O)c(C(=O)O)cn3Cc2ccccc2OC)cc1. The van der Waals surface area contributed by atoms with E-state index in [0.29, 0.717) is 24.2 Å². The molecule has 7 nitrogen and oxygen atoms in total. The Labute approximate surface area is 201 Å². The Morgan fingerprint density at radius 2 is 1.76 bits per heavy atom. The number of aromatic carboxylic acids is 1. The minimum Gasteiger partial charge on any atom is -0.497 e. The van der Waals surface area contributed by atoms with Crippen LogP contribution in [-0.2, 0) is 13.1 Å². The summed E-state index contributed by atoms with van der Waals surface area (Å²) in [6.45, 7) is 0.860. The van der Waals surface area contributed by atoms with Gasteiger partial charge in [0.15, 0.2) is 0 Å². The van der Waals surface area contributed by atoms with Crippen LogP contribution in [0.15, 0.2) is 59.5 Å². The highest BCUT2D eigenvalue weighted by Crippen LogP contribution is 2.39. The van der Waals surface area contributed by atoms with E-state index in [-0.39, 0.29) is 5.56 Å². The van der Waals surface area contributed by atoms with E-state index in [2.05, 4.69) is 0 Å². The van der Waals surface area contributed by atoms with E-state index in [1.165, 1.54) is 17.5 Å². The van der Waals surface area contributed by atoms with Gasteiger partial charge < -0.3 is 24.0 Å². The Kier molecular flexibility index (Phi) is 6.72. The second-order valence-corrected chi connectivity index (χ2v) is 9.17. The van der Waals surface area contributed by atoms with Gasteiger partial charge in [0.1, 0.15) is 21.9 Å². The number of para-hydroxylation sites is 1. The van der Waals surface area contributed by atoms with Gasteiger partial charge in [0.25, 0.3) is 0 Å². The summed E-state index contributed by atoms with van der Waals surface area (Å²) in [6, 6.07) is 15.2. The quantitative estimate of drug-likeness (QED) is 0.400. The lowest BCUT2D eigenvalue weighted by Crippen LogP contribution is -2.20. The molecule has 4 aromatic rings. The number of hydrogen-bond acceptors (Lipinski definition) is 6. The van der Waals surface area contributed by atoms with Crippen LogP contribution in [0.5, 0.6) is 11.5 Å². The standard InChI is InChI=1S/C26H26N2O5S/c1-27(2)14-19-22-23(29)20(26(30)31)15-28(13-17-7-5-6-8-21(17)33-4)25(22)34-24(19)16-9-11-18(32-3)12-10-16/h5-12,15H,13-14H2,1-4H3,(H,30,31). The van der Waals surface area contributed by atoms with Gasteiger partial charge in [-0.1, -0.05) is 18.2 Å². The minimum absolute atomic E-state index is 0.249. The van der Waals surface area contributed by atoms with Crippen LogP contribution in [0.2, 0.25) is 0 Å². The molecular weight excluding hydrogens is 452 g/mol. The molecule has 8 heteroatoms. The first-order chi connectivity index (χ1) is 16.3. The van der Waals surface area contributed by atoms with E-state index >= 15 is 0 Å². The Balaban J connectivity index is 2.02. The van der Waals surface area contributed by atoms with E-state index < -0.39 is 11.4 Å². The number of aromatic nitrogens is 1. The van der Waals surface area contributed by atoms with Crippen molar-refractivity contribution in [1.29, 1.82) is 0 Å². The number of carboxylic acid groups (broad SMARTS) is 1. The summed E-state index contributed by atoms with van der Waals surface area (Å²) in [5, 5.41) is 10.3. The molecule has 0 saturated carbocycles. The molecule has 0 aliphatic carbocycles. The van der Waals surface area contributed by atoms with Crippen molar-refractivity contribution in [3.05, 3.63) is 81.6 Å². The number of thiophene rings is 1. The molecule has 0 saturated heterocycles. The maximum Gasteiger partial charge on any atom is 0.341 e. The molecule has 0 amide bonds. The molecule has 0 atom stereocenters. The predicted molar refractivity (Wildman–Crippen MR) is 135 cm³/mol. The second-order valence-electron chi connectivity index (χ2n) is 8.17. The third-order valence-electron chi connectivity index (χ3n) is 5.60. The summed E-state index contributed by atoms with van der Waals surface area (Å²) in [7, 11) is 7.07. The van der Waals surface area contributed by atoms with Gasteiger partial charge >= 0.3 is 5.97 Å². The molecule has 0 bridgehead atoms. The van der Waals surface area contributed by atoms with Crippen molar-refractivity contribution in [3.63, 3.8) is 0 Å². The van der Waals surface area contributed by atoms with E-state index in [4.69, 9.17) is 9.47 Å². The number of carbonyl (C=O) groups is 1. The zero-order valence-electron chi connectivity index (χ0n) is 19.5. The average molecular weight is 479 g/mol. The second kappa shape index (κ2) is 9.70. The lowest BCUT2D eigenvalue weighted by atomic mass is 10.0. The highest BCUT2D eigenvalue weighted by Gasteiger charge is 2.24. The smallest absolute Gasteiger partial charge is 0.341 e. The third kappa shape index (κ3) is 4.42. The summed E-state index contributed by atoms with van der Waals surface area (Å²) in [4.78, 5) is 29.0. The van der Waals surface area contributed by atoms with Gasteiger partial charge in [-0.15, -0.1) is 11.3 Å². The third-order valence-corrected chi connectivity index (χ3v) is 6.91. The Morgan fingerprint density at radius 3 is 2.38 bits per heavy atom. The van der Waals surface area contributed by atoms with Gasteiger partial charge in [0.2, 0.25) is 5.43 Å². The number of fused-ring (bicyclic) bond motifs is 1. The lowest BCUT2D eigenvalue weighted by molar-refractivity contribution is 0.0695. The number of hydrogen-bond donors (Lipinski definition) is 1. The van der Waals surface area contributed by atoms with Gasteiger partial charge in [0, 0.05) is 23.2 Å². The first-order valence-electron chi connectivity index (χ1n) is 10.7. The molecule has 0 spiro atoms.